The van der Waals surface area contributed by atoms with Crippen LogP contribution in [0.1, 0.15) is 16.2 Å². The van der Waals surface area contributed by atoms with Gasteiger partial charge in [0.05, 0.1) is 5.56 Å². The van der Waals surface area contributed by atoms with Crippen LogP contribution in [0.15, 0.2) is 22.9 Å². The van der Waals surface area contributed by atoms with Gasteiger partial charge in [-0.1, -0.05) is 0 Å². The molecule has 0 unspecified atom stereocenters. The number of carbonyl (C=O) groups excluding carboxylic acids is 1. The molecule has 2 rings (SSSR count). The van der Waals surface area contributed by atoms with Crippen molar-refractivity contribution in [3.05, 3.63) is 29.9 Å². The van der Waals surface area contributed by atoms with Crippen LogP contribution in [0.4, 0.5) is 0 Å². The van der Waals surface area contributed by atoms with E-state index in [0.717, 1.165) is 6.29 Å². The Kier molecular flexibility index (Phi) is 2.06. The van der Waals surface area contributed by atoms with Gasteiger partial charge >= 0.3 is 0 Å². The zero-order valence-electron chi connectivity index (χ0n) is 7.47. The van der Waals surface area contributed by atoms with Crippen LogP contribution in [0.3, 0.4) is 0 Å². The molecule has 2 aromatic heterocycles. The third-order valence-electron chi connectivity index (χ3n) is 1.67. The minimum Gasteiger partial charge on any atom is -0.421 e. The molecule has 0 atom stereocenters. The van der Waals surface area contributed by atoms with Crippen LogP contribution in [0.5, 0.6) is 0 Å². The van der Waals surface area contributed by atoms with Crippen molar-refractivity contribution in [3.8, 4) is 11.5 Å². The Morgan fingerprint density at radius 3 is 2.86 bits per heavy atom. The van der Waals surface area contributed by atoms with Crippen molar-refractivity contribution >= 4 is 6.29 Å². The fourth-order valence-corrected chi connectivity index (χ4v) is 1.05. The van der Waals surface area contributed by atoms with E-state index in [1.54, 1.807) is 19.2 Å². The maximum Gasteiger partial charge on any atom is 0.249 e. The fourth-order valence-electron chi connectivity index (χ4n) is 1.05. The Morgan fingerprint density at radius 2 is 2.21 bits per heavy atom. The van der Waals surface area contributed by atoms with Crippen molar-refractivity contribution in [1.29, 1.82) is 0 Å². The Hall–Kier alpha value is -2.04. The van der Waals surface area contributed by atoms with E-state index >= 15 is 0 Å². The lowest BCUT2D eigenvalue weighted by Gasteiger charge is -1.93. The third-order valence-corrected chi connectivity index (χ3v) is 1.67. The molecule has 0 aliphatic rings. The van der Waals surface area contributed by atoms with Crippen LogP contribution >= 0.6 is 0 Å². The molecule has 5 nitrogen and oxygen atoms in total. The summed E-state index contributed by atoms with van der Waals surface area (Å²) in [5, 5.41) is 7.50. The van der Waals surface area contributed by atoms with E-state index in [9.17, 15) is 4.79 Å². The molecule has 14 heavy (non-hydrogen) atoms. The summed E-state index contributed by atoms with van der Waals surface area (Å²) >= 11 is 0. The molecule has 0 bridgehead atoms. The van der Waals surface area contributed by atoms with E-state index < -0.39 is 0 Å². The summed E-state index contributed by atoms with van der Waals surface area (Å²) < 4.78 is 5.19. The lowest BCUT2D eigenvalue weighted by Crippen LogP contribution is -1.85. The smallest absolute Gasteiger partial charge is 0.249 e. The fraction of sp³-hybridized carbons (Fsp3) is 0.111. The number of aromatic nitrogens is 3. The van der Waals surface area contributed by atoms with E-state index in [4.69, 9.17) is 4.42 Å². The molecule has 70 valence electrons. The highest BCUT2D eigenvalue weighted by atomic mass is 16.4. The number of hydrogen-bond acceptors (Lipinski definition) is 5. The van der Waals surface area contributed by atoms with Crippen LogP contribution in [0.2, 0.25) is 0 Å². The van der Waals surface area contributed by atoms with Gasteiger partial charge in [0.1, 0.15) is 0 Å². The zero-order chi connectivity index (χ0) is 9.97. The lowest BCUT2D eigenvalue weighted by atomic mass is 10.2. The van der Waals surface area contributed by atoms with Gasteiger partial charge in [-0.3, -0.25) is 9.78 Å². The van der Waals surface area contributed by atoms with Crippen molar-refractivity contribution < 1.29 is 9.21 Å². The first-order valence-corrected chi connectivity index (χ1v) is 4.00. The SMILES string of the molecule is Cc1nnc(-c2cncc(C=O)c2)o1. The first-order valence-electron chi connectivity index (χ1n) is 4.00. The second-order valence-electron chi connectivity index (χ2n) is 2.75. The van der Waals surface area contributed by atoms with Gasteiger partial charge in [0.25, 0.3) is 0 Å². The number of nitrogens with zero attached hydrogens (tertiary/aromatic N) is 3. The predicted octanol–water partition coefficient (Wildman–Crippen LogP) is 1.25. The monoisotopic (exact) mass is 189 g/mol. The van der Waals surface area contributed by atoms with E-state index in [2.05, 4.69) is 15.2 Å². The van der Waals surface area contributed by atoms with Crippen LogP contribution in [-0.2, 0) is 0 Å². The van der Waals surface area contributed by atoms with Crippen molar-refractivity contribution in [2.24, 2.45) is 0 Å². The Balaban J connectivity index is 2.46. The minimum absolute atomic E-state index is 0.374. The quantitative estimate of drug-likeness (QED) is 0.665. The highest BCUT2D eigenvalue weighted by Gasteiger charge is 2.06. The summed E-state index contributed by atoms with van der Waals surface area (Å²) in [7, 11) is 0. The molecule has 0 radical (unpaired) electrons. The average Bonchev–Trinajstić information content (AvgIpc) is 2.65. The summed E-state index contributed by atoms with van der Waals surface area (Å²) in [5.74, 6) is 0.857. The molecule has 0 amide bonds. The van der Waals surface area contributed by atoms with Crippen molar-refractivity contribution in [2.45, 2.75) is 6.92 Å². The molecular weight excluding hydrogens is 182 g/mol. The van der Waals surface area contributed by atoms with Crippen molar-refractivity contribution in [1.82, 2.24) is 15.2 Å². The highest BCUT2D eigenvalue weighted by molar-refractivity contribution is 5.76. The van der Waals surface area contributed by atoms with Crippen LogP contribution in [-0.4, -0.2) is 21.5 Å². The van der Waals surface area contributed by atoms with Crippen LogP contribution in [0, 0.1) is 6.92 Å². The third kappa shape index (κ3) is 1.52. The van der Waals surface area contributed by atoms with Crippen LogP contribution < -0.4 is 0 Å². The van der Waals surface area contributed by atoms with E-state index in [1.165, 1.54) is 6.20 Å². The number of aryl methyl sites for hydroxylation is 1. The van der Waals surface area contributed by atoms with E-state index in [-0.39, 0.29) is 0 Å². The van der Waals surface area contributed by atoms with Gasteiger partial charge in [-0.25, -0.2) is 0 Å². The predicted molar refractivity (Wildman–Crippen MR) is 47.7 cm³/mol. The molecule has 2 heterocycles. The largest absolute Gasteiger partial charge is 0.421 e. The Labute approximate surface area is 79.8 Å². The van der Waals surface area contributed by atoms with Gasteiger partial charge in [0, 0.05) is 24.9 Å². The molecular formula is C9H7N3O2. The molecule has 0 aromatic carbocycles. The summed E-state index contributed by atoms with van der Waals surface area (Å²) in [6.07, 6.45) is 3.76. The first kappa shape index (κ1) is 8.55. The molecule has 0 aliphatic heterocycles. The number of carbonyl (C=O) groups is 1. The molecule has 0 aliphatic carbocycles. The van der Waals surface area contributed by atoms with Gasteiger partial charge < -0.3 is 4.42 Å². The Bertz CT molecular complexity index is 465. The molecule has 0 saturated carbocycles. The Morgan fingerprint density at radius 1 is 1.36 bits per heavy atom. The minimum atomic E-state index is 0.374. The molecule has 0 spiro atoms. The topological polar surface area (TPSA) is 68.9 Å². The van der Waals surface area contributed by atoms with Gasteiger partial charge in [0.15, 0.2) is 6.29 Å². The highest BCUT2D eigenvalue weighted by Crippen LogP contribution is 2.16. The van der Waals surface area contributed by atoms with Gasteiger partial charge in [-0.2, -0.15) is 0 Å². The van der Waals surface area contributed by atoms with Crippen molar-refractivity contribution in [2.75, 3.05) is 0 Å². The maximum absolute atomic E-state index is 10.5. The second kappa shape index (κ2) is 3.37. The maximum atomic E-state index is 10.5. The lowest BCUT2D eigenvalue weighted by molar-refractivity contribution is 0.112. The molecule has 0 fully saturated rings. The van der Waals surface area contributed by atoms with Crippen molar-refractivity contribution in [3.63, 3.8) is 0 Å². The summed E-state index contributed by atoms with van der Waals surface area (Å²) in [6, 6.07) is 1.65. The summed E-state index contributed by atoms with van der Waals surface area (Å²) in [6.45, 7) is 1.70. The van der Waals surface area contributed by atoms with Gasteiger partial charge in [-0.05, 0) is 6.07 Å². The normalized spacial score (nSPS) is 10.1. The zero-order valence-corrected chi connectivity index (χ0v) is 7.47. The van der Waals surface area contributed by atoms with Gasteiger partial charge in [-0.15, -0.1) is 10.2 Å². The molecule has 0 N–H and O–H groups in total. The molecule has 2 aromatic rings. The first-order chi connectivity index (χ1) is 6.79. The number of rotatable bonds is 2. The molecule has 5 heteroatoms. The molecule has 0 saturated heterocycles. The number of pyridine rings is 1. The number of hydrogen-bond donors (Lipinski definition) is 0. The number of aldehydes is 1. The average molecular weight is 189 g/mol. The van der Waals surface area contributed by atoms with Gasteiger partial charge in [0.2, 0.25) is 11.8 Å². The summed E-state index contributed by atoms with van der Waals surface area (Å²) in [5.41, 5.74) is 1.13. The van der Waals surface area contributed by atoms with E-state index in [1.807, 2.05) is 0 Å². The standard InChI is InChI=1S/C9H7N3O2/c1-6-11-12-9(14-6)8-2-7(5-13)3-10-4-8/h2-5H,1H3. The van der Waals surface area contributed by atoms with Crippen LogP contribution in [0.25, 0.3) is 11.5 Å². The second-order valence-corrected chi connectivity index (χ2v) is 2.75. The summed E-state index contributed by atoms with van der Waals surface area (Å²) in [4.78, 5) is 14.4. The van der Waals surface area contributed by atoms with E-state index in [0.29, 0.717) is 22.9 Å².